The lowest BCUT2D eigenvalue weighted by atomic mass is 9.78. The molecule has 1 aliphatic heterocycles. The fourth-order valence-electron chi connectivity index (χ4n) is 4.20. The van der Waals surface area contributed by atoms with E-state index in [2.05, 4.69) is 31.0 Å². The van der Waals surface area contributed by atoms with Crippen LogP contribution in [0.1, 0.15) is 37.7 Å². The minimum absolute atomic E-state index is 0.355. The van der Waals surface area contributed by atoms with Gasteiger partial charge in [-0.25, -0.2) is 0 Å². The number of piperazine rings is 1. The fourth-order valence-corrected chi connectivity index (χ4v) is 4.20. The van der Waals surface area contributed by atoms with Crippen molar-refractivity contribution >= 4 is 0 Å². The first-order valence-electron chi connectivity index (χ1n) is 9.57. The van der Waals surface area contributed by atoms with Crippen LogP contribution in [0.3, 0.4) is 0 Å². The van der Waals surface area contributed by atoms with E-state index >= 15 is 0 Å². The summed E-state index contributed by atoms with van der Waals surface area (Å²) in [4.78, 5) is 3.23. The van der Waals surface area contributed by atoms with Crippen LogP contribution in [0.25, 0.3) is 0 Å². The lowest BCUT2D eigenvalue weighted by Gasteiger charge is -2.33. The van der Waals surface area contributed by atoms with Gasteiger partial charge >= 0.3 is 0 Å². The SMILES string of the molecule is C[NH+]1CC[NH+](CC#CC[C@@](O)(c2ccccc2)C2CCCC2)CC1. The van der Waals surface area contributed by atoms with E-state index in [1.54, 1.807) is 9.80 Å². The van der Waals surface area contributed by atoms with Gasteiger partial charge in [0, 0.05) is 6.42 Å². The van der Waals surface area contributed by atoms with Crippen LogP contribution < -0.4 is 9.80 Å². The van der Waals surface area contributed by atoms with E-state index in [1.165, 1.54) is 39.0 Å². The minimum atomic E-state index is -0.771. The fraction of sp³-hybridized carbons (Fsp3) is 0.619. The van der Waals surface area contributed by atoms with Crippen molar-refractivity contribution in [2.24, 2.45) is 5.92 Å². The van der Waals surface area contributed by atoms with Gasteiger partial charge in [-0.1, -0.05) is 49.1 Å². The molecule has 1 atom stereocenters. The Labute approximate surface area is 146 Å². The van der Waals surface area contributed by atoms with Crippen LogP contribution in [0.2, 0.25) is 0 Å². The molecule has 0 unspecified atom stereocenters. The molecule has 3 N–H and O–H groups in total. The van der Waals surface area contributed by atoms with Gasteiger partial charge < -0.3 is 14.9 Å². The molecule has 0 amide bonds. The van der Waals surface area contributed by atoms with E-state index in [9.17, 15) is 5.11 Å². The molecule has 24 heavy (non-hydrogen) atoms. The Hall–Kier alpha value is -1.34. The van der Waals surface area contributed by atoms with Gasteiger partial charge in [-0.05, 0) is 30.2 Å². The van der Waals surface area contributed by atoms with Gasteiger partial charge in [0.1, 0.15) is 38.3 Å². The summed E-state index contributed by atoms with van der Waals surface area (Å²) in [6.07, 6.45) is 5.29. The second kappa shape index (κ2) is 8.16. The molecule has 3 nitrogen and oxygen atoms in total. The highest BCUT2D eigenvalue weighted by molar-refractivity contribution is 5.26. The molecule has 1 aromatic rings. The van der Waals surface area contributed by atoms with Crippen LogP contribution in [0.4, 0.5) is 0 Å². The standard InChI is InChI=1S/C21H30N2O/c1-22-15-17-23(18-16-22)14-8-7-13-21(24,20-11-5-6-12-20)19-9-3-2-4-10-19/h2-4,9-10,20,24H,5-6,11-18H2,1H3/p+2/t21-/m1/s1. The zero-order valence-electron chi connectivity index (χ0n) is 15.0. The first-order chi connectivity index (χ1) is 11.7. The molecule has 1 heterocycles. The molecule has 0 bridgehead atoms. The maximum atomic E-state index is 11.4. The van der Waals surface area contributed by atoms with Crippen LogP contribution >= 0.6 is 0 Å². The first kappa shape index (κ1) is 17.5. The Bertz CT molecular complexity index is 562. The monoisotopic (exact) mass is 328 g/mol. The average molecular weight is 329 g/mol. The topological polar surface area (TPSA) is 29.1 Å². The molecule has 1 aliphatic carbocycles. The van der Waals surface area contributed by atoms with Gasteiger partial charge in [-0.3, -0.25) is 0 Å². The van der Waals surface area contributed by atoms with E-state index in [1.807, 2.05) is 18.2 Å². The highest BCUT2D eigenvalue weighted by atomic mass is 16.3. The zero-order chi connectivity index (χ0) is 16.8. The maximum absolute atomic E-state index is 11.4. The Morgan fingerprint density at radius 3 is 2.38 bits per heavy atom. The Kier molecular flexibility index (Phi) is 5.94. The summed E-state index contributed by atoms with van der Waals surface area (Å²) in [5, 5.41) is 11.4. The van der Waals surface area contributed by atoms with Crippen LogP contribution in [-0.4, -0.2) is 44.9 Å². The van der Waals surface area contributed by atoms with Crippen LogP contribution in [-0.2, 0) is 5.60 Å². The number of likely N-dealkylation sites (N-methyl/N-ethyl adjacent to an activating group) is 1. The smallest absolute Gasteiger partial charge is 0.139 e. The molecular weight excluding hydrogens is 296 g/mol. The summed E-state index contributed by atoms with van der Waals surface area (Å²) in [5.41, 5.74) is 0.272. The van der Waals surface area contributed by atoms with Gasteiger partial charge in [-0.2, -0.15) is 0 Å². The van der Waals surface area contributed by atoms with Crippen molar-refractivity contribution in [3.63, 3.8) is 0 Å². The van der Waals surface area contributed by atoms with Crippen LogP contribution in [0.5, 0.6) is 0 Å². The van der Waals surface area contributed by atoms with Crippen molar-refractivity contribution in [2.45, 2.75) is 37.7 Å². The number of benzene rings is 1. The highest BCUT2D eigenvalue weighted by Gasteiger charge is 2.39. The van der Waals surface area contributed by atoms with Gasteiger partial charge in [0.05, 0.1) is 7.05 Å². The van der Waals surface area contributed by atoms with Crippen molar-refractivity contribution in [1.82, 2.24) is 0 Å². The van der Waals surface area contributed by atoms with Gasteiger partial charge in [0.2, 0.25) is 0 Å². The number of nitrogens with one attached hydrogen (secondary N) is 2. The third-order valence-corrected chi connectivity index (χ3v) is 5.94. The van der Waals surface area contributed by atoms with Crippen molar-refractivity contribution in [2.75, 3.05) is 39.8 Å². The summed E-state index contributed by atoms with van der Waals surface area (Å²) in [6, 6.07) is 10.2. The molecular formula is C21H32N2O+2. The molecule has 1 aromatic carbocycles. The Morgan fingerprint density at radius 1 is 1.04 bits per heavy atom. The maximum Gasteiger partial charge on any atom is 0.139 e. The van der Waals surface area contributed by atoms with E-state index < -0.39 is 5.60 Å². The Balaban J connectivity index is 1.64. The van der Waals surface area contributed by atoms with Crippen LogP contribution in [0.15, 0.2) is 30.3 Å². The summed E-state index contributed by atoms with van der Waals surface area (Å²) in [5.74, 6) is 7.05. The second-order valence-electron chi connectivity index (χ2n) is 7.69. The Morgan fingerprint density at radius 2 is 1.71 bits per heavy atom. The summed E-state index contributed by atoms with van der Waals surface area (Å²) >= 11 is 0. The summed E-state index contributed by atoms with van der Waals surface area (Å²) < 4.78 is 0. The predicted molar refractivity (Wildman–Crippen MR) is 96.9 cm³/mol. The molecule has 2 aliphatic rings. The van der Waals surface area contributed by atoms with E-state index in [-0.39, 0.29) is 0 Å². The molecule has 3 rings (SSSR count). The summed E-state index contributed by atoms with van der Waals surface area (Å²) in [7, 11) is 2.27. The number of aliphatic hydroxyl groups is 1. The number of hydrogen-bond acceptors (Lipinski definition) is 1. The highest BCUT2D eigenvalue weighted by Crippen LogP contribution is 2.42. The number of quaternary nitrogens is 2. The largest absolute Gasteiger partial charge is 0.384 e. The third kappa shape index (κ3) is 4.19. The molecule has 2 fully saturated rings. The second-order valence-corrected chi connectivity index (χ2v) is 7.69. The molecule has 0 spiro atoms. The summed E-state index contributed by atoms with van der Waals surface area (Å²) in [6.45, 7) is 5.83. The van der Waals surface area contributed by atoms with Crippen LogP contribution in [0, 0.1) is 17.8 Å². The molecule has 1 saturated carbocycles. The van der Waals surface area contributed by atoms with Crippen molar-refractivity contribution in [1.29, 1.82) is 0 Å². The minimum Gasteiger partial charge on any atom is -0.384 e. The quantitative estimate of drug-likeness (QED) is 0.661. The molecule has 3 heteroatoms. The lowest BCUT2D eigenvalue weighted by molar-refractivity contribution is -1.000. The lowest BCUT2D eigenvalue weighted by Crippen LogP contribution is -3.26. The molecule has 0 aromatic heterocycles. The predicted octanol–water partition coefficient (Wildman–Crippen LogP) is -0.129. The number of rotatable bonds is 4. The van der Waals surface area contributed by atoms with Gasteiger partial charge in [0.15, 0.2) is 0 Å². The zero-order valence-corrected chi connectivity index (χ0v) is 15.0. The number of hydrogen-bond donors (Lipinski definition) is 3. The van der Waals surface area contributed by atoms with Gasteiger partial charge in [-0.15, -0.1) is 0 Å². The molecule has 1 saturated heterocycles. The van der Waals surface area contributed by atoms with E-state index in [0.717, 1.165) is 24.9 Å². The van der Waals surface area contributed by atoms with Crippen molar-refractivity contribution in [3.8, 4) is 11.8 Å². The molecule has 0 radical (unpaired) electrons. The molecule has 130 valence electrons. The first-order valence-corrected chi connectivity index (χ1v) is 9.57. The van der Waals surface area contributed by atoms with E-state index in [0.29, 0.717) is 12.3 Å². The van der Waals surface area contributed by atoms with Crippen molar-refractivity contribution in [3.05, 3.63) is 35.9 Å². The van der Waals surface area contributed by atoms with E-state index in [4.69, 9.17) is 0 Å². The third-order valence-electron chi connectivity index (χ3n) is 5.94. The van der Waals surface area contributed by atoms with Gasteiger partial charge in [0.25, 0.3) is 0 Å². The average Bonchev–Trinajstić information content (AvgIpc) is 3.16. The normalized spacial score (nSPS) is 27.2. The van der Waals surface area contributed by atoms with Crippen molar-refractivity contribution < 1.29 is 14.9 Å².